The summed E-state index contributed by atoms with van der Waals surface area (Å²) in [5, 5.41) is 7.75. The number of hydrogen-bond donors (Lipinski definition) is 1. The number of rotatable bonds is 5. The Labute approximate surface area is 165 Å². The lowest BCUT2D eigenvalue weighted by Crippen LogP contribution is -2.30. The number of anilines is 1. The average molecular weight is 406 g/mol. The first kappa shape index (κ1) is 19.7. The van der Waals surface area contributed by atoms with E-state index in [9.17, 15) is 13.2 Å². The molecule has 1 heterocycles. The molecule has 5 nitrogen and oxygen atoms in total. The molecule has 1 aromatic heterocycles. The molecule has 0 aliphatic heterocycles. The van der Waals surface area contributed by atoms with Crippen LogP contribution in [0.15, 0.2) is 67.0 Å². The van der Waals surface area contributed by atoms with Gasteiger partial charge in [-0.3, -0.25) is 0 Å². The highest BCUT2D eigenvalue weighted by Gasteiger charge is 2.30. The molecule has 0 unspecified atom stereocenters. The highest BCUT2D eigenvalue weighted by Crippen LogP contribution is 2.24. The Morgan fingerprint density at radius 2 is 1.82 bits per heavy atom. The van der Waals surface area contributed by atoms with E-state index in [1.54, 1.807) is 10.9 Å². The lowest BCUT2D eigenvalue weighted by Gasteiger charge is -2.20. The quantitative estimate of drug-likeness (QED) is 0.628. The Balaban J connectivity index is 1.57. The summed E-state index contributed by atoms with van der Waals surface area (Å²) >= 11 is 5.35. The number of ether oxygens (including phenoxy) is 1. The van der Waals surface area contributed by atoms with Crippen molar-refractivity contribution in [1.82, 2.24) is 14.7 Å². The summed E-state index contributed by atoms with van der Waals surface area (Å²) in [7, 11) is 1.82. The van der Waals surface area contributed by atoms with Crippen LogP contribution in [-0.2, 0) is 6.54 Å². The van der Waals surface area contributed by atoms with Crippen molar-refractivity contribution in [2.24, 2.45) is 0 Å². The van der Waals surface area contributed by atoms with Gasteiger partial charge in [0, 0.05) is 31.0 Å². The van der Waals surface area contributed by atoms with Crippen LogP contribution in [0, 0.1) is 0 Å². The third-order valence-electron chi connectivity index (χ3n) is 3.76. The molecule has 0 fully saturated rings. The van der Waals surface area contributed by atoms with Crippen LogP contribution < -0.4 is 10.1 Å². The van der Waals surface area contributed by atoms with Crippen LogP contribution in [0.1, 0.15) is 5.56 Å². The van der Waals surface area contributed by atoms with Crippen molar-refractivity contribution < 1.29 is 17.9 Å². The lowest BCUT2D eigenvalue weighted by molar-refractivity contribution is -0.274. The van der Waals surface area contributed by atoms with Crippen molar-refractivity contribution in [3.8, 4) is 11.4 Å². The smallest absolute Gasteiger partial charge is 0.406 e. The Hall–Kier alpha value is -3.07. The van der Waals surface area contributed by atoms with Gasteiger partial charge in [-0.2, -0.15) is 5.10 Å². The largest absolute Gasteiger partial charge is 0.573 e. The number of hydrogen-bond acceptors (Lipinski definition) is 3. The predicted octanol–water partition coefficient (Wildman–Crippen LogP) is 4.60. The summed E-state index contributed by atoms with van der Waals surface area (Å²) in [6.07, 6.45) is -1.04. The SMILES string of the molecule is CN(Cc1cnn(-c2ccccc2)c1)C(=S)Nc1ccc(OC(F)(F)F)cc1. The minimum Gasteiger partial charge on any atom is -0.406 e. The molecule has 0 atom stereocenters. The highest BCUT2D eigenvalue weighted by molar-refractivity contribution is 7.80. The normalized spacial score (nSPS) is 11.1. The van der Waals surface area contributed by atoms with Crippen LogP contribution >= 0.6 is 12.2 Å². The second kappa shape index (κ2) is 8.30. The number of alkyl halides is 3. The van der Waals surface area contributed by atoms with Gasteiger partial charge in [0.15, 0.2) is 5.11 Å². The van der Waals surface area contributed by atoms with E-state index < -0.39 is 6.36 Å². The zero-order valence-corrected chi connectivity index (χ0v) is 15.7. The summed E-state index contributed by atoms with van der Waals surface area (Å²) in [6.45, 7) is 0.522. The number of thiocarbonyl (C=S) groups is 1. The molecule has 146 valence electrons. The van der Waals surface area contributed by atoms with E-state index in [1.807, 2.05) is 48.5 Å². The second-order valence-corrected chi connectivity index (χ2v) is 6.37. The molecule has 1 N–H and O–H groups in total. The number of halogens is 3. The highest BCUT2D eigenvalue weighted by atomic mass is 32.1. The van der Waals surface area contributed by atoms with Crippen molar-refractivity contribution in [2.75, 3.05) is 12.4 Å². The molecule has 0 aliphatic carbocycles. The van der Waals surface area contributed by atoms with Crippen LogP contribution in [0.25, 0.3) is 5.69 Å². The first-order valence-electron chi connectivity index (χ1n) is 8.27. The molecule has 2 aromatic carbocycles. The number of aromatic nitrogens is 2. The van der Waals surface area contributed by atoms with Crippen LogP contribution in [0.5, 0.6) is 5.75 Å². The third-order valence-corrected chi connectivity index (χ3v) is 4.18. The summed E-state index contributed by atoms with van der Waals surface area (Å²) in [4.78, 5) is 1.81. The molecule has 0 amide bonds. The van der Waals surface area contributed by atoms with Crippen LogP contribution in [0.3, 0.4) is 0 Å². The molecule has 0 bridgehead atoms. The maximum Gasteiger partial charge on any atom is 0.573 e. The molecule has 9 heteroatoms. The molecular formula is C19H17F3N4OS. The molecule has 3 rings (SSSR count). The van der Waals surface area contributed by atoms with Gasteiger partial charge in [-0.05, 0) is 48.6 Å². The predicted molar refractivity (Wildman–Crippen MR) is 104 cm³/mol. The van der Waals surface area contributed by atoms with Crippen molar-refractivity contribution in [2.45, 2.75) is 12.9 Å². The fraction of sp³-hybridized carbons (Fsp3) is 0.158. The van der Waals surface area contributed by atoms with Crippen molar-refractivity contribution in [1.29, 1.82) is 0 Å². The van der Waals surface area contributed by atoms with E-state index in [4.69, 9.17) is 12.2 Å². The number of para-hydroxylation sites is 1. The lowest BCUT2D eigenvalue weighted by atomic mass is 10.3. The summed E-state index contributed by atoms with van der Waals surface area (Å²) < 4.78 is 42.2. The number of nitrogens with one attached hydrogen (secondary N) is 1. The Bertz CT molecular complexity index is 926. The van der Waals surface area contributed by atoms with Crippen molar-refractivity contribution >= 4 is 23.0 Å². The Kier molecular flexibility index (Phi) is 5.84. The minimum absolute atomic E-state index is 0.286. The van der Waals surface area contributed by atoms with Gasteiger partial charge >= 0.3 is 6.36 Å². The zero-order chi connectivity index (χ0) is 20.1. The van der Waals surface area contributed by atoms with Crippen molar-refractivity contribution in [3.63, 3.8) is 0 Å². The van der Waals surface area contributed by atoms with Gasteiger partial charge in [-0.15, -0.1) is 13.2 Å². The van der Waals surface area contributed by atoms with Gasteiger partial charge in [0.1, 0.15) is 5.75 Å². The Morgan fingerprint density at radius 3 is 2.46 bits per heavy atom. The maximum absolute atomic E-state index is 12.2. The molecule has 0 radical (unpaired) electrons. The summed E-state index contributed by atoms with van der Waals surface area (Å²) in [5.41, 5.74) is 2.48. The molecule has 3 aromatic rings. The summed E-state index contributed by atoms with van der Waals surface area (Å²) in [6, 6.07) is 15.1. The second-order valence-electron chi connectivity index (χ2n) is 5.99. The van der Waals surface area contributed by atoms with Crippen LogP contribution in [0.4, 0.5) is 18.9 Å². The maximum atomic E-state index is 12.2. The van der Waals surface area contributed by atoms with E-state index in [2.05, 4.69) is 15.2 Å². The van der Waals surface area contributed by atoms with Gasteiger partial charge in [-0.25, -0.2) is 4.68 Å². The van der Waals surface area contributed by atoms with E-state index in [-0.39, 0.29) is 5.75 Å². The molecule has 0 saturated heterocycles. The monoisotopic (exact) mass is 406 g/mol. The molecule has 0 spiro atoms. The van der Waals surface area contributed by atoms with Gasteiger partial charge in [0.25, 0.3) is 0 Å². The first-order chi connectivity index (χ1) is 13.3. The fourth-order valence-corrected chi connectivity index (χ4v) is 2.65. The first-order valence-corrected chi connectivity index (χ1v) is 8.68. The average Bonchev–Trinajstić information content (AvgIpc) is 3.11. The van der Waals surface area contributed by atoms with Crippen molar-refractivity contribution in [3.05, 3.63) is 72.6 Å². The van der Waals surface area contributed by atoms with E-state index in [1.165, 1.54) is 24.3 Å². The standard InChI is InChI=1S/C19H17F3N4OS/c1-25(12-14-11-23-26(13-14)16-5-3-2-4-6-16)18(28)24-15-7-9-17(10-8-15)27-19(20,21)22/h2-11,13H,12H2,1H3,(H,24,28). The summed E-state index contributed by atoms with van der Waals surface area (Å²) in [5.74, 6) is -0.286. The molecule has 0 aliphatic rings. The third kappa shape index (κ3) is 5.46. The zero-order valence-electron chi connectivity index (χ0n) is 14.8. The fourth-order valence-electron chi connectivity index (χ4n) is 2.47. The van der Waals surface area contributed by atoms with Crippen LogP contribution in [0.2, 0.25) is 0 Å². The van der Waals surface area contributed by atoms with Gasteiger partial charge in [0.2, 0.25) is 0 Å². The number of benzene rings is 2. The van der Waals surface area contributed by atoms with E-state index >= 15 is 0 Å². The minimum atomic E-state index is -4.71. The molecule has 28 heavy (non-hydrogen) atoms. The van der Waals surface area contributed by atoms with E-state index in [0.717, 1.165) is 11.3 Å². The Morgan fingerprint density at radius 1 is 1.14 bits per heavy atom. The number of nitrogens with zero attached hydrogens (tertiary/aromatic N) is 3. The van der Waals surface area contributed by atoms with Gasteiger partial charge in [0.05, 0.1) is 11.9 Å². The molecular weight excluding hydrogens is 389 g/mol. The van der Waals surface area contributed by atoms with Gasteiger partial charge < -0.3 is 15.0 Å². The molecule has 0 saturated carbocycles. The van der Waals surface area contributed by atoms with Gasteiger partial charge in [-0.1, -0.05) is 18.2 Å². The van der Waals surface area contributed by atoms with Crippen LogP contribution in [-0.4, -0.2) is 33.2 Å². The van der Waals surface area contributed by atoms with E-state index in [0.29, 0.717) is 17.3 Å². The topological polar surface area (TPSA) is 42.3 Å².